The van der Waals surface area contributed by atoms with Gasteiger partial charge in [-0.05, 0) is 37.5 Å². The predicted molar refractivity (Wildman–Crippen MR) is 103 cm³/mol. The number of nitrogens with zero attached hydrogens (tertiary/aromatic N) is 5. The fourth-order valence-corrected chi connectivity index (χ4v) is 3.23. The van der Waals surface area contributed by atoms with E-state index in [0.29, 0.717) is 23.0 Å². The Hall–Kier alpha value is -3.33. The molecule has 9 heteroatoms. The third-order valence-corrected chi connectivity index (χ3v) is 4.71. The summed E-state index contributed by atoms with van der Waals surface area (Å²) in [5, 5.41) is 8.93. The highest BCUT2D eigenvalue weighted by Gasteiger charge is 2.16. The molecule has 3 aromatic heterocycles. The molecule has 0 saturated heterocycles. The highest BCUT2D eigenvalue weighted by Crippen LogP contribution is 2.17. The van der Waals surface area contributed by atoms with Gasteiger partial charge in [0, 0.05) is 22.8 Å². The lowest BCUT2D eigenvalue weighted by Gasteiger charge is -2.11. The van der Waals surface area contributed by atoms with Crippen LogP contribution in [0.4, 0.5) is 5.69 Å². The molecule has 27 heavy (non-hydrogen) atoms. The van der Waals surface area contributed by atoms with Gasteiger partial charge in [0.15, 0.2) is 5.82 Å². The number of rotatable bonds is 4. The summed E-state index contributed by atoms with van der Waals surface area (Å²) in [5.74, 6) is 0.508. The zero-order chi connectivity index (χ0) is 19.0. The van der Waals surface area contributed by atoms with E-state index in [9.17, 15) is 9.59 Å². The van der Waals surface area contributed by atoms with Gasteiger partial charge in [-0.1, -0.05) is 17.7 Å². The molecule has 1 amide bonds. The SMILES string of the molecule is Cc1ccc(NC(=O)Cn2c(C)cc(=O)n3nc(-c4cnsc4)nc23)cc1. The van der Waals surface area contributed by atoms with Crippen molar-refractivity contribution in [2.45, 2.75) is 20.4 Å². The standard InChI is InChI=1S/C18H16N6O2S/c1-11-3-5-14(6-4-11)20-15(25)9-23-12(2)7-16(26)24-18(23)21-17(22-24)13-8-19-27-10-13/h3-8,10H,9H2,1-2H3,(H,20,25). The number of nitrogens with one attached hydrogen (secondary N) is 1. The van der Waals surface area contributed by atoms with Crippen LogP contribution < -0.4 is 10.9 Å². The molecule has 0 radical (unpaired) electrons. The summed E-state index contributed by atoms with van der Waals surface area (Å²) >= 11 is 1.28. The Morgan fingerprint density at radius 3 is 2.70 bits per heavy atom. The fourth-order valence-electron chi connectivity index (χ4n) is 2.72. The number of benzene rings is 1. The van der Waals surface area contributed by atoms with Crippen molar-refractivity contribution in [2.75, 3.05) is 5.32 Å². The van der Waals surface area contributed by atoms with Gasteiger partial charge in [-0.25, -0.2) is 4.37 Å². The molecule has 4 aromatic rings. The van der Waals surface area contributed by atoms with Gasteiger partial charge < -0.3 is 9.88 Å². The largest absolute Gasteiger partial charge is 0.325 e. The normalized spacial score (nSPS) is 11.0. The van der Waals surface area contributed by atoms with Crippen molar-refractivity contribution in [3.8, 4) is 11.4 Å². The molecule has 8 nitrogen and oxygen atoms in total. The van der Waals surface area contributed by atoms with E-state index in [4.69, 9.17) is 0 Å². The van der Waals surface area contributed by atoms with Gasteiger partial charge in [0.25, 0.3) is 5.56 Å². The monoisotopic (exact) mass is 380 g/mol. The van der Waals surface area contributed by atoms with Crippen molar-refractivity contribution in [3.63, 3.8) is 0 Å². The van der Waals surface area contributed by atoms with Crippen LogP contribution in [0.2, 0.25) is 0 Å². The molecule has 0 aliphatic heterocycles. The lowest BCUT2D eigenvalue weighted by atomic mass is 10.2. The first-order chi connectivity index (χ1) is 13.0. The first-order valence-corrected chi connectivity index (χ1v) is 9.08. The number of anilines is 1. The van der Waals surface area contributed by atoms with Crippen LogP contribution in [0.3, 0.4) is 0 Å². The van der Waals surface area contributed by atoms with Crippen LogP contribution in [0.15, 0.2) is 46.7 Å². The second-order valence-electron chi connectivity index (χ2n) is 6.18. The van der Waals surface area contributed by atoms with E-state index < -0.39 is 0 Å². The summed E-state index contributed by atoms with van der Waals surface area (Å²) < 4.78 is 6.91. The lowest BCUT2D eigenvalue weighted by Crippen LogP contribution is -2.25. The first-order valence-electron chi connectivity index (χ1n) is 8.25. The highest BCUT2D eigenvalue weighted by atomic mass is 32.1. The number of aromatic nitrogens is 5. The third-order valence-electron chi connectivity index (χ3n) is 4.13. The van der Waals surface area contributed by atoms with Crippen molar-refractivity contribution < 1.29 is 4.79 Å². The fraction of sp³-hybridized carbons (Fsp3) is 0.167. The molecule has 0 fully saturated rings. The molecular weight excluding hydrogens is 364 g/mol. The van der Waals surface area contributed by atoms with Crippen molar-refractivity contribution in [3.05, 3.63) is 63.5 Å². The molecule has 0 aliphatic rings. The molecule has 0 bridgehead atoms. The maximum absolute atomic E-state index is 12.5. The molecular formula is C18H16N6O2S. The number of aryl methyl sites for hydroxylation is 2. The summed E-state index contributed by atoms with van der Waals surface area (Å²) in [6, 6.07) is 8.99. The number of amides is 1. The van der Waals surface area contributed by atoms with E-state index in [1.807, 2.05) is 31.2 Å². The first kappa shape index (κ1) is 17.1. The zero-order valence-corrected chi connectivity index (χ0v) is 15.5. The Morgan fingerprint density at radius 1 is 1.22 bits per heavy atom. The molecule has 1 N–H and O–H groups in total. The maximum atomic E-state index is 12.5. The van der Waals surface area contributed by atoms with Gasteiger partial charge in [-0.3, -0.25) is 9.59 Å². The van der Waals surface area contributed by atoms with Gasteiger partial charge in [-0.2, -0.15) is 9.50 Å². The average Bonchev–Trinajstić information content (AvgIpc) is 3.30. The van der Waals surface area contributed by atoms with Crippen LogP contribution in [-0.2, 0) is 11.3 Å². The van der Waals surface area contributed by atoms with E-state index in [-0.39, 0.29) is 18.0 Å². The van der Waals surface area contributed by atoms with Gasteiger partial charge in [-0.15, -0.1) is 5.10 Å². The van der Waals surface area contributed by atoms with Crippen molar-refractivity contribution >= 4 is 28.9 Å². The minimum atomic E-state index is -0.292. The van der Waals surface area contributed by atoms with Crippen LogP contribution in [0.5, 0.6) is 0 Å². The maximum Gasteiger partial charge on any atom is 0.275 e. The Labute approximate surface area is 158 Å². The van der Waals surface area contributed by atoms with Crippen LogP contribution in [-0.4, -0.2) is 29.4 Å². The smallest absolute Gasteiger partial charge is 0.275 e. The summed E-state index contributed by atoms with van der Waals surface area (Å²) in [7, 11) is 0. The second kappa shape index (κ2) is 6.76. The average molecular weight is 380 g/mol. The van der Waals surface area contributed by atoms with E-state index in [2.05, 4.69) is 19.8 Å². The molecule has 0 unspecified atom stereocenters. The zero-order valence-electron chi connectivity index (χ0n) is 14.7. The Morgan fingerprint density at radius 2 is 2.00 bits per heavy atom. The second-order valence-corrected chi connectivity index (χ2v) is 6.84. The summed E-state index contributed by atoms with van der Waals surface area (Å²) in [4.78, 5) is 29.2. The summed E-state index contributed by atoms with van der Waals surface area (Å²) in [6.07, 6.45) is 1.64. The van der Waals surface area contributed by atoms with Gasteiger partial charge in [0.2, 0.25) is 11.7 Å². The van der Waals surface area contributed by atoms with Crippen molar-refractivity contribution in [1.82, 2.24) is 23.5 Å². The Balaban J connectivity index is 1.69. The van der Waals surface area contributed by atoms with Gasteiger partial charge >= 0.3 is 0 Å². The number of fused-ring (bicyclic) bond motifs is 1. The number of hydrogen-bond acceptors (Lipinski definition) is 6. The van der Waals surface area contributed by atoms with Crippen LogP contribution in [0.1, 0.15) is 11.3 Å². The Bertz CT molecular complexity index is 1180. The highest BCUT2D eigenvalue weighted by molar-refractivity contribution is 7.03. The Kier molecular flexibility index (Phi) is 4.28. The molecule has 0 spiro atoms. The molecule has 3 heterocycles. The minimum Gasteiger partial charge on any atom is -0.325 e. The topological polar surface area (TPSA) is 94.2 Å². The lowest BCUT2D eigenvalue weighted by molar-refractivity contribution is -0.116. The van der Waals surface area contributed by atoms with Crippen LogP contribution in [0, 0.1) is 13.8 Å². The summed E-state index contributed by atoms with van der Waals surface area (Å²) in [6.45, 7) is 3.77. The molecule has 1 aromatic carbocycles. The molecule has 0 saturated carbocycles. The number of carbonyl (C=O) groups excluding carboxylic acids is 1. The van der Waals surface area contributed by atoms with Crippen LogP contribution >= 0.6 is 11.5 Å². The van der Waals surface area contributed by atoms with E-state index in [1.165, 1.54) is 22.1 Å². The van der Waals surface area contributed by atoms with Crippen molar-refractivity contribution in [1.29, 1.82) is 0 Å². The molecule has 0 aliphatic carbocycles. The molecule has 0 atom stereocenters. The van der Waals surface area contributed by atoms with E-state index >= 15 is 0 Å². The van der Waals surface area contributed by atoms with Crippen LogP contribution in [0.25, 0.3) is 17.2 Å². The van der Waals surface area contributed by atoms with Gasteiger partial charge in [0.05, 0.1) is 11.8 Å². The predicted octanol–water partition coefficient (Wildman–Crippen LogP) is 2.27. The molecule has 4 rings (SSSR count). The molecule has 136 valence electrons. The van der Waals surface area contributed by atoms with E-state index in [1.54, 1.807) is 23.1 Å². The summed E-state index contributed by atoms with van der Waals surface area (Å²) in [5.41, 5.74) is 2.90. The minimum absolute atomic E-state index is 0.0174. The van der Waals surface area contributed by atoms with Crippen molar-refractivity contribution in [2.24, 2.45) is 0 Å². The quantitative estimate of drug-likeness (QED) is 0.586. The number of carbonyl (C=O) groups is 1. The third kappa shape index (κ3) is 3.36. The van der Waals surface area contributed by atoms with E-state index in [0.717, 1.165) is 11.1 Å². The number of hydrogen-bond donors (Lipinski definition) is 1. The van der Waals surface area contributed by atoms with Gasteiger partial charge in [0.1, 0.15) is 6.54 Å².